The Balaban J connectivity index is 1.78. The van der Waals surface area contributed by atoms with Crippen LogP contribution in [0.4, 0.5) is 0 Å². The van der Waals surface area contributed by atoms with Gasteiger partial charge in [0, 0.05) is 31.2 Å². The summed E-state index contributed by atoms with van der Waals surface area (Å²) in [6, 6.07) is 0. The molecule has 2 amide bonds. The second-order valence-electron chi connectivity index (χ2n) is 5.96. The Bertz CT molecular complexity index is 669. The van der Waals surface area contributed by atoms with Crippen molar-refractivity contribution in [1.82, 2.24) is 20.3 Å². The Hall–Kier alpha value is -2.84. The Kier molecular flexibility index (Phi) is 7.19. The van der Waals surface area contributed by atoms with Crippen LogP contribution in [-0.4, -0.2) is 58.1 Å². The summed E-state index contributed by atoms with van der Waals surface area (Å²) in [6.07, 6.45) is 5.52. The SMILES string of the molecule is CCOC(=O)C1CCN(C(=O)CC(C)=NNC(=O)c2cnccn2)CC1. The van der Waals surface area contributed by atoms with Gasteiger partial charge in [-0.15, -0.1) is 0 Å². The first-order valence-electron chi connectivity index (χ1n) is 8.55. The zero-order chi connectivity index (χ0) is 18.9. The molecule has 0 bridgehead atoms. The van der Waals surface area contributed by atoms with Crippen LogP contribution in [0.25, 0.3) is 0 Å². The first-order valence-corrected chi connectivity index (χ1v) is 8.55. The highest BCUT2D eigenvalue weighted by atomic mass is 16.5. The number of hydrazone groups is 1. The maximum absolute atomic E-state index is 12.3. The van der Waals surface area contributed by atoms with Gasteiger partial charge in [-0.25, -0.2) is 10.4 Å². The van der Waals surface area contributed by atoms with Crippen molar-refractivity contribution in [2.24, 2.45) is 11.0 Å². The highest BCUT2D eigenvalue weighted by Gasteiger charge is 2.28. The number of nitrogens with one attached hydrogen (secondary N) is 1. The third kappa shape index (κ3) is 5.61. The van der Waals surface area contributed by atoms with Gasteiger partial charge in [0.1, 0.15) is 5.69 Å². The predicted molar refractivity (Wildman–Crippen MR) is 93.2 cm³/mol. The summed E-state index contributed by atoms with van der Waals surface area (Å²) >= 11 is 0. The molecule has 0 spiro atoms. The number of carbonyl (C=O) groups is 3. The van der Waals surface area contributed by atoms with Gasteiger partial charge in [-0.1, -0.05) is 0 Å². The smallest absolute Gasteiger partial charge is 0.309 e. The van der Waals surface area contributed by atoms with Crippen molar-refractivity contribution < 1.29 is 19.1 Å². The van der Waals surface area contributed by atoms with Gasteiger partial charge in [-0.05, 0) is 26.7 Å². The topological polar surface area (TPSA) is 114 Å². The number of rotatable bonds is 6. The number of hydrogen-bond acceptors (Lipinski definition) is 7. The normalized spacial score (nSPS) is 15.5. The van der Waals surface area contributed by atoms with Crippen molar-refractivity contribution >= 4 is 23.5 Å². The predicted octanol–water partition coefficient (Wildman–Crippen LogP) is 0.774. The summed E-state index contributed by atoms with van der Waals surface area (Å²) in [5.41, 5.74) is 2.99. The Morgan fingerprint density at radius 3 is 2.65 bits per heavy atom. The average Bonchev–Trinajstić information content (AvgIpc) is 2.67. The fraction of sp³-hybridized carbons (Fsp3) is 0.529. The zero-order valence-corrected chi connectivity index (χ0v) is 15.0. The van der Waals surface area contributed by atoms with Gasteiger partial charge in [-0.2, -0.15) is 5.10 Å². The molecule has 26 heavy (non-hydrogen) atoms. The number of nitrogens with zero attached hydrogens (tertiary/aromatic N) is 4. The van der Waals surface area contributed by atoms with Gasteiger partial charge >= 0.3 is 5.97 Å². The van der Waals surface area contributed by atoms with E-state index in [9.17, 15) is 14.4 Å². The molecule has 0 radical (unpaired) electrons. The molecular formula is C17H23N5O4. The molecule has 0 aromatic carbocycles. The molecule has 0 saturated carbocycles. The van der Waals surface area contributed by atoms with Crippen molar-refractivity contribution in [3.63, 3.8) is 0 Å². The number of aromatic nitrogens is 2. The number of piperidine rings is 1. The van der Waals surface area contributed by atoms with Crippen LogP contribution in [0.1, 0.15) is 43.6 Å². The zero-order valence-electron chi connectivity index (χ0n) is 15.0. The summed E-state index contributed by atoms with van der Waals surface area (Å²) in [5.74, 6) is -0.897. The number of hydrogen-bond donors (Lipinski definition) is 1. The van der Waals surface area contributed by atoms with Crippen molar-refractivity contribution in [3.05, 3.63) is 24.3 Å². The van der Waals surface area contributed by atoms with Crippen LogP contribution in [0.2, 0.25) is 0 Å². The lowest BCUT2D eigenvalue weighted by Gasteiger charge is -2.30. The molecule has 9 nitrogen and oxygen atoms in total. The van der Waals surface area contributed by atoms with E-state index in [1.165, 1.54) is 18.6 Å². The van der Waals surface area contributed by atoms with Gasteiger partial charge in [0.15, 0.2) is 0 Å². The molecule has 2 rings (SSSR count). The van der Waals surface area contributed by atoms with Crippen LogP contribution in [0, 0.1) is 5.92 Å². The molecular weight excluding hydrogens is 338 g/mol. The molecule has 1 aromatic heterocycles. The van der Waals surface area contributed by atoms with Gasteiger partial charge in [0.2, 0.25) is 5.91 Å². The Labute approximate surface area is 151 Å². The minimum atomic E-state index is -0.486. The molecule has 140 valence electrons. The second-order valence-corrected chi connectivity index (χ2v) is 5.96. The van der Waals surface area contributed by atoms with E-state index < -0.39 is 5.91 Å². The number of carbonyl (C=O) groups excluding carboxylic acids is 3. The Morgan fingerprint density at radius 1 is 1.31 bits per heavy atom. The van der Waals surface area contributed by atoms with E-state index in [4.69, 9.17) is 4.74 Å². The second kappa shape index (κ2) is 9.59. The molecule has 1 aromatic rings. The lowest BCUT2D eigenvalue weighted by atomic mass is 9.96. The van der Waals surface area contributed by atoms with Crippen molar-refractivity contribution in [2.45, 2.75) is 33.1 Å². The fourth-order valence-electron chi connectivity index (χ4n) is 2.61. The molecule has 2 heterocycles. The van der Waals surface area contributed by atoms with Gasteiger partial charge in [0.25, 0.3) is 5.91 Å². The molecule has 0 unspecified atom stereocenters. The molecule has 1 saturated heterocycles. The number of esters is 1. The third-order valence-electron chi connectivity index (χ3n) is 4.02. The van der Waals surface area contributed by atoms with Crippen molar-refractivity contribution in [1.29, 1.82) is 0 Å². The van der Waals surface area contributed by atoms with E-state index in [-0.39, 0.29) is 29.9 Å². The van der Waals surface area contributed by atoms with Gasteiger partial charge in [0.05, 0.1) is 25.1 Å². The van der Waals surface area contributed by atoms with E-state index >= 15 is 0 Å². The number of ether oxygens (including phenoxy) is 1. The molecule has 1 N–H and O–H groups in total. The lowest BCUT2D eigenvalue weighted by Crippen LogP contribution is -2.41. The highest BCUT2D eigenvalue weighted by molar-refractivity contribution is 6.01. The molecule has 1 aliphatic rings. The largest absolute Gasteiger partial charge is 0.466 e. The molecule has 1 aliphatic heterocycles. The quantitative estimate of drug-likeness (QED) is 0.455. The average molecular weight is 361 g/mol. The van der Waals surface area contributed by atoms with Crippen molar-refractivity contribution in [2.75, 3.05) is 19.7 Å². The number of amides is 2. The fourth-order valence-corrected chi connectivity index (χ4v) is 2.61. The van der Waals surface area contributed by atoms with E-state index in [0.717, 1.165) is 0 Å². The third-order valence-corrected chi connectivity index (χ3v) is 4.02. The maximum Gasteiger partial charge on any atom is 0.309 e. The molecule has 1 fully saturated rings. The summed E-state index contributed by atoms with van der Waals surface area (Å²) in [4.78, 5) is 45.3. The molecule has 9 heteroatoms. The standard InChI is InChI=1S/C17H23N5O4/c1-3-26-17(25)13-4-8-22(9-5-13)15(23)10-12(2)20-21-16(24)14-11-18-6-7-19-14/h6-7,11,13H,3-5,8-10H2,1-2H3,(H,21,24). The van der Waals surface area contributed by atoms with Crippen LogP contribution >= 0.6 is 0 Å². The van der Waals surface area contributed by atoms with Gasteiger partial charge < -0.3 is 9.64 Å². The summed E-state index contributed by atoms with van der Waals surface area (Å²) < 4.78 is 5.02. The lowest BCUT2D eigenvalue weighted by molar-refractivity contribution is -0.151. The highest BCUT2D eigenvalue weighted by Crippen LogP contribution is 2.19. The van der Waals surface area contributed by atoms with Crippen LogP contribution in [0.15, 0.2) is 23.7 Å². The summed E-state index contributed by atoms with van der Waals surface area (Å²) in [7, 11) is 0. The first-order chi connectivity index (χ1) is 12.5. The van der Waals surface area contributed by atoms with Crippen molar-refractivity contribution in [3.8, 4) is 0 Å². The number of likely N-dealkylation sites (tertiary alicyclic amines) is 1. The maximum atomic E-state index is 12.3. The van der Waals surface area contributed by atoms with E-state index in [2.05, 4.69) is 20.5 Å². The van der Waals surface area contributed by atoms with E-state index in [1.807, 2.05) is 0 Å². The monoisotopic (exact) mass is 361 g/mol. The minimum absolute atomic E-state index is 0.0812. The molecule has 0 aliphatic carbocycles. The van der Waals surface area contributed by atoms with E-state index in [1.54, 1.807) is 18.7 Å². The van der Waals surface area contributed by atoms with Crippen LogP contribution in [0.3, 0.4) is 0 Å². The first kappa shape index (κ1) is 19.5. The van der Waals surface area contributed by atoms with Gasteiger partial charge in [-0.3, -0.25) is 19.4 Å². The van der Waals surface area contributed by atoms with Crippen LogP contribution in [0.5, 0.6) is 0 Å². The van der Waals surface area contributed by atoms with Crippen LogP contribution < -0.4 is 5.43 Å². The molecule has 0 atom stereocenters. The summed E-state index contributed by atoms with van der Waals surface area (Å²) in [5, 5.41) is 3.93. The summed E-state index contributed by atoms with van der Waals surface area (Å²) in [6.45, 7) is 4.85. The Morgan fingerprint density at radius 2 is 2.04 bits per heavy atom. The van der Waals surface area contributed by atoms with Crippen LogP contribution in [-0.2, 0) is 14.3 Å². The van der Waals surface area contributed by atoms with E-state index in [0.29, 0.717) is 38.2 Å². The minimum Gasteiger partial charge on any atom is -0.466 e.